The minimum absolute atomic E-state index is 0.0354. The molecule has 1 saturated carbocycles. The van der Waals surface area contributed by atoms with Crippen molar-refractivity contribution in [2.24, 2.45) is 5.41 Å². The smallest absolute Gasteiger partial charge is 0.354 e. The lowest BCUT2D eigenvalue weighted by molar-refractivity contribution is 0.0691. The number of hydrogen-bond donors (Lipinski definition) is 1. The topological polar surface area (TPSA) is 84.8 Å². The van der Waals surface area contributed by atoms with Gasteiger partial charge in [-0.05, 0) is 86.7 Å². The van der Waals surface area contributed by atoms with E-state index in [1.807, 2.05) is 16.7 Å². The maximum Gasteiger partial charge on any atom is 0.354 e. The molecule has 0 spiro atoms. The molecule has 0 amide bonds. The zero-order valence-corrected chi connectivity index (χ0v) is 25.1. The summed E-state index contributed by atoms with van der Waals surface area (Å²) in [6.07, 6.45) is 3.89. The lowest BCUT2D eigenvalue weighted by Gasteiger charge is -2.34. The summed E-state index contributed by atoms with van der Waals surface area (Å²) in [5.41, 5.74) is 2.51. The number of ether oxygens (including phenoxy) is 1. The van der Waals surface area contributed by atoms with Gasteiger partial charge in [0.25, 0.3) is 0 Å². The number of fused-ring (bicyclic) bond motifs is 2. The number of pyridine rings is 1. The molecule has 4 heterocycles. The first-order chi connectivity index (χ1) is 21.7. The summed E-state index contributed by atoms with van der Waals surface area (Å²) < 4.78 is 38.3. The number of aromatic carboxylic acids is 1. The summed E-state index contributed by atoms with van der Waals surface area (Å²) in [6, 6.07) is 12.9. The Morgan fingerprint density at radius 1 is 1.11 bits per heavy atom. The van der Waals surface area contributed by atoms with Gasteiger partial charge in [0.15, 0.2) is 11.3 Å². The minimum Gasteiger partial charge on any atom is -0.480 e. The number of halogens is 3. The molecule has 1 N–H and O–H groups in total. The first-order valence-corrected chi connectivity index (χ1v) is 15.4. The van der Waals surface area contributed by atoms with Crippen LogP contribution in [0, 0.1) is 17.8 Å². The number of carboxylic acid groups (broad SMARTS) is 1. The molecule has 2 aliphatic heterocycles. The third kappa shape index (κ3) is 5.67. The van der Waals surface area contributed by atoms with Gasteiger partial charge in [-0.2, -0.15) is 0 Å². The van der Waals surface area contributed by atoms with Crippen molar-refractivity contribution in [2.45, 2.75) is 50.8 Å². The quantitative estimate of drug-likeness (QED) is 0.204. The fraction of sp³-hybridized carbons (Fsp3) is 0.353. The third-order valence-corrected chi connectivity index (χ3v) is 9.50. The van der Waals surface area contributed by atoms with Crippen LogP contribution in [0.25, 0.3) is 21.8 Å². The zero-order chi connectivity index (χ0) is 31.3. The van der Waals surface area contributed by atoms with Crippen molar-refractivity contribution in [2.75, 3.05) is 19.6 Å². The predicted octanol–water partition coefficient (Wildman–Crippen LogP) is 7.45. The van der Waals surface area contributed by atoms with Gasteiger partial charge in [0.2, 0.25) is 6.54 Å². The maximum absolute atomic E-state index is 15.3. The number of likely N-dealkylation sites (tertiary alicyclic amines) is 1. The molecule has 3 aliphatic rings. The Bertz CT molecular complexity index is 1890. The highest BCUT2D eigenvalue weighted by atomic mass is 35.5. The molecule has 1 atom stereocenters. The number of benzene rings is 2. The summed E-state index contributed by atoms with van der Waals surface area (Å²) >= 11 is 5.93. The van der Waals surface area contributed by atoms with Crippen LogP contribution in [-0.2, 0) is 13.1 Å². The summed E-state index contributed by atoms with van der Waals surface area (Å²) in [4.78, 5) is 26.9. The Morgan fingerprint density at radius 2 is 1.91 bits per heavy atom. The van der Waals surface area contributed by atoms with E-state index in [-0.39, 0.29) is 27.6 Å². The van der Waals surface area contributed by atoms with E-state index >= 15 is 4.39 Å². The molecule has 8 nitrogen and oxygen atoms in total. The molecule has 230 valence electrons. The predicted molar refractivity (Wildman–Crippen MR) is 165 cm³/mol. The fourth-order valence-electron chi connectivity index (χ4n) is 6.57. The van der Waals surface area contributed by atoms with Gasteiger partial charge in [0, 0.05) is 17.1 Å². The molecule has 1 saturated heterocycles. The van der Waals surface area contributed by atoms with Gasteiger partial charge in [0.05, 0.1) is 17.5 Å². The molecule has 11 heteroatoms. The fourth-order valence-corrected chi connectivity index (χ4v) is 6.73. The number of nitrogens with zero attached hydrogens (tertiary/aromatic N) is 5. The second-order valence-electron chi connectivity index (χ2n) is 12.3. The van der Waals surface area contributed by atoms with Gasteiger partial charge in [-0.15, -0.1) is 0 Å². The van der Waals surface area contributed by atoms with Crippen LogP contribution in [-0.4, -0.2) is 50.1 Å². The molecule has 0 unspecified atom stereocenters. The molecule has 2 fully saturated rings. The number of hydrogen-bond acceptors (Lipinski definition) is 5. The van der Waals surface area contributed by atoms with Crippen LogP contribution in [0.4, 0.5) is 8.78 Å². The summed E-state index contributed by atoms with van der Waals surface area (Å²) in [5.74, 6) is -0.720. The van der Waals surface area contributed by atoms with Gasteiger partial charge < -0.3 is 19.3 Å². The molecule has 0 bridgehead atoms. The van der Waals surface area contributed by atoms with Crippen LogP contribution >= 0.6 is 11.6 Å². The van der Waals surface area contributed by atoms with E-state index < -0.39 is 23.7 Å². The highest BCUT2D eigenvalue weighted by molar-refractivity contribution is 6.30. The van der Waals surface area contributed by atoms with Crippen molar-refractivity contribution in [1.29, 1.82) is 0 Å². The zero-order valence-electron chi connectivity index (χ0n) is 24.3. The van der Waals surface area contributed by atoms with Crippen molar-refractivity contribution in [3.63, 3.8) is 0 Å². The molecule has 1 aliphatic carbocycles. The van der Waals surface area contributed by atoms with E-state index in [9.17, 15) is 14.3 Å². The second-order valence-corrected chi connectivity index (χ2v) is 12.7. The first kappa shape index (κ1) is 29.4. The van der Waals surface area contributed by atoms with Crippen LogP contribution in [0.15, 0.2) is 54.6 Å². The standard InChI is InChI=1S/C34H30ClF2N5O3/c1-38-18-34(11-12-34)19-42-30(39-27-7-8-28(33(43)44)40-32(27)42)17-41-13-9-20(10-14-41)22-3-2-4-24-26(37)16-29(45-31(22)24)23-6-5-21(35)15-25(23)36/h2-8,15-16,20,29H,9-14,17-19H2,(H,43,44)/t29-/m0/s1. The molecule has 4 aromatic rings. The van der Waals surface area contributed by atoms with E-state index in [2.05, 4.69) is 14.7 Å². The molecule has 45 heavy (non-hydrogen) atoms. The molecular weight excluding hydrogens is 600 g/mol. The van der Waals surface area contributed by atoms with E-state index in [1.54, 1.807) is 18.2 Å². The Labute approximate surface area is 263 Å². The van der Waals surface area contributed by atoms with Crippen LogP contribution < -0.4 is 4.74 Å². The van der Waals surface area contributed by atoms with Gasteiger partial charge in [-0.3, -0.25) is 4.90 Å². The van der Waals surface area contributed by atoms with Crippen molar-refractivity contribution >= 4 is 34.6 Å². The minimum atomic E-state index is -1.09. The monoisotopic (exact) mass is 629 g/mol. The number of carboxylic acids is 1. The number of para-hydroxylation sites is 1. The number of carbonyl (C=O) groups is 1. The number of aromatic nitrogens is 3. The van der Waals surface area contributed by atoms with Gasteiger partial charge in [0.1, 0.15) is 34.8 Å². The summed E-state index contributed by atoms with van der Waals surface area (Å²) in [5, 5.41) is 9.80. The molecule has 2 aromatic heterocycles. The summed E-state index contributed by atoms with van der Waals surface area (Å²) in [6.45, 7) is 10.5. The Hall–Kier alpha value is -4.33. The van der Waals surface area contributed by atoms with E-state index in [4.69, 9.17) is 27.9 Å². The van der Waals surface area contributed by atoms with Crippen LogP contribution in [0.1, 0.15) is 70.7 Å². The lowest BCUT2D eigenvalue weighted by Crippen LogP contribution is -2.34. The third-order valence-electron chi connectivity index (χ3n) is 9.26. The van der Waals surface area contributed by atoms with Gasteiger partial charge >= 0.3 is 5.97 Å². The Morgan fingerprint density at radius 3 is 2.62 bits per heavy atom. The Balaban J connectivity index is 1.11. The van der Waals surface area contributed by atoms with E-state index in [1.165, 1.54) is 24.3 Å². The first-order valence-electron chi connectivity index (χ1n) is 15.0. The van der Waals surface area contributed by atoms with E-state index in [0.29, 0.717) is 42.1 Å². The maximum atomic E-state index is 15.3. The number of imidazole rings is 1. The Kier molecular flexibility index (Phi) is 7.54. The summed E-state index contributed by atoms with van der Waals surface area (Å²) in [7, 11) is 0. The second kappa shape index (κ2) is 11.5. The van der Waals surface area contributed by atoms with Crippen LogP contribution in [0.5, 0.6) is 5.75 Å². The molecule has 2 aromatic carbocycles. The van der Waals surface area contributed by atoms with Gasteiger partial charge in [-0.25, -0.2) is 30.1 Å². The van der Waals surface area contributed by atoms with E-state index in [0.717, 1.165) is 50.2 Å². The SMILES string of the molecule is [C-]#[N+]CC1(Cn2c(CN3CCC(c4cccc5c4O[C@H](c4ccc(Cl)cc4F)C=C5F)CC3)nc3ccc(C(=O)O)nc32)CC1. The lowest BCUT2D eigenvalue weighted by atomic mass is 9.86. The largest absolute Gasteiger partial charge is 0.480 e. The normalized spacial score (nSPS) is 19.4. The van der Waals surface area contributed by atoms with Crippen molar-refractivity contribution in [3.05, 3.63) is 105 Å². The van der Waals surface area contributed by atoms with Crippen molar-refractivity contribution < 1.29 is 23.4 Å². The number of piperidine rings is 1. The van der Waals surface area contributed by atoms with Crippen molar-refractivity contribution in [3.8, 4) is 5.75 Å². The van der Waals surface area contributed by atoms with Crippen molar-refractivity contribution in [1.82, 2.24) is 19.4 Å². The average molecular weight is 630 g/mol. The molecule has 7 rings (SSSR count). The van der Waals surface area contributed by atoms with Crippen LogP contribution in [0.3, 0.4) is 0 Å². The average Bonchev–Trinajstić information content (AvgIpc) is 3.70. The van der Waals surface area contributed by atoms with Gasteiger partial charge in [-0.1, -0.05) is 29.8 Å². The highest BCUT2D eigenvalue weighted by Gasteiger charge is 2.47. The highest BCUT2D eigenvalue weighted by Crippen LogP contribution is 2.48. The molecular formula is C34H30ClF2N5O3. The van der Waals surface area contributed by atoms with Crippen LogP contribution in [0.2, 0.25) is 5.02 Å². The molecule has 0 radical (unpaired) electrons. The number of rotatable bonds is 8.